The Balaban J connectivity index is 2.23. The van der Waals surface area contributed by atoms with E-state index in [4.69, 9.17) is 0 Å². The highest BCUT2D eigenvalue weighted by atomic mass is 16.4. The third kappa shape index (κ3) is 4.94. The van der Waals surface area contributed by atoms with Gasteiger partial charge in [-0.25, -0.2) is 4.79 Å². The summed E-state index contributed by atoms with van der Waals surface area (Å²) >= 11 is 0. The van der Waals surface area contributed by atoms with Crippen molar-refractivity contribution in [2.75, 3.05) is 0 Å². The second kappa shape index (κ2) is 8.03. The fourth-order valence-corrected chi connectivity index (χ4v) is 2.97. The lowest BCUT2D eigenvalue weighted by Crippen LogP contribution is -2.52. The molecule has 2 atom stereocenters. The summed E-state index contributed by atoms with van der Waals surface area (Å²) in [7, 11) is 0. The molecule has 0 aromatic heterocycles. The van der Waals surface area contributed by atoms with Gasteiger partial charge in [0.05, 0.1) is 5.92 Å². The lowest BCUT2D eigenvalue weighted by atomic mass is 9.76. The van der Waals surface area contributed by atoms with Crippen molar-refractivity contribution in [2.45, 2.75) is 26.8 Å². The second-order valence-electron chi connectivity index (χ2n) is 7.41. The van der Waals surface area contributed by atoms with Crippen LogP contribution in [0.2, 0.25) is 0 Å². The van der Waals surface area contributed by atoms with Gasteiger partial charge in [-0.15, -0.1) is 0 Å². The van der Waals surface area contributed by atoms with E-state index in [-0.39, 0.29) is 5.56 Å². The van der Waals surface area contributed by atoms with Gasteiger partial charge in [0, 0.05) is 5.56 Å². The second-order valence-corrected chi connectivity index (χ2v) is 7.41. The Kier molecular flexibility index (Phi) is 6.00. The van der Waals surface area contributed by atoms with Crippen molar-refractivity contribution < 1.29 is 24.6 Å². The smallest absolute Gasteiger partial charge is 0.327 e. The number of carbonyl (C=O) groups is 3. The molecule has 0 spiro atoms. The van der Waals surface area contributed by atoms with Gasteiger partial charge in [-0.05, 0) is 28.7 Å². The molecule has 0 aliphatic heterocycles. The van der Waals surface area contributed by atoms with Crippen molar-refractivity contribution in [1.82, 2.24) is 5.32 Å². The fraction of sp³-hybridized carbons (Fsp3) is 0.286. The molecule has 0 bridgehead atoms. The first kappa shape index (κ1) is 20.2. The zero-order valence-corrected chi connectivity index (χ0v) is 15.5. The molecule has 2 aromatic rings. The maximum absolute atomic E-state index is 12.5. The summed E-state index contributed by atoms with van der Waals surface area (Å²) < 4.78 is 0. The first-order valence-corrected chi connectivity index (χ1v) is 8.53. The Bertz CT molecular complexity index is 822. The summed E-state index contributed by atoms with van der Waals surface area (Å²) in [4.78, 5) is 35.7. The van der Waals surface area contributed by atoms with Crippen LogP contribution in [0.3, 0.4) is 0 Å². The van der Waals surface area contributed by atoms with Crippen molar-refractivity contribution >= 4 is 17.8 Å². The maximum Gasteiger partial charge on any atom is 0.327 e. The summed E-state index contributed by atoms with van der Waals surface area (Å²) in [5.41, 5.74) is 1.32. The summed E-state index contributed by atoms with van der Waals surface area (Å²) in [6, 6.07) is 14.8. The highest BCUT2D eigenvalue weighted by Crippen LogP contribution is 2.29. The number of rotatable bonds is 6. The van der Waals surface area contributed by atoms with Crippen LogP contribution in [0.1, 0.15) is 31.1 Å². The fourth-order valence-electron chi connectivity index (χ4n) is 2.97. The first-order valence-electron chi connectivity index (χ1n) is 8.53. The van der Waals surface area contributed by atoms with Gasteiger partial charge in [-0.2, -0.15) is 0 Å². The number of carboxylic acids is 2. The first-order chi connectivity index (χ1) is 12.6. The van der Waals surface area contributed by atoms with Crippen LogP contribution in [0.25, 0.3) is 11.1 Å². The molecule has 1 amide bonds. The van der Waals surface area contributed by atoms with Crippen LogP contribution < -0.4 is 5.32 Å². The largest absolute Gasteiger partial charge is 0.481 e. The molecule has 0 radical (unpaired) electrons. The predicted molar refractivity (Wildman–Crippen MR) is 101 cm³/mol. The van der Waals surface area contributed by atoms with Gasteiger partial charge >= 0.3 is 11.9 Å². The molecule has 6 heteroatoms. The molecule has 6 nitrogen and oxygen atoms in total. The van der Waals surface area contributed by atoms with Crippen LogP contribution in [-0.4, -0.2) is 34.1 Å². The Morgan fingerprint density at radius 2 is 1.33 bits per heavy atom. The molecule has 0 heterocycles. The van der Waals surface area contributed by atoms with Gasteiger partial charge in [0.15, 0.2) is 0 Å². The third-order valence-electron chi connectivity index (χ3n) is 4.34. The molecule has 3 N–H and O–H groups in total. The van der Waals surface area contributed by atoms with Gasteiger partial charge in [0.2, 0.25) is 0 Å². The number of carbonyl (C=O) groups excluding carboxylic acids is 1. The van der Waals surface area contributed by atoms with Crippen molar-refractivity contribution in [3.05, 3.63) is 60.2 Å². The van der Waals surface area contributed by atoms with E-state index in [1.54, 1.807) is 45.0 Å². The van der Waals surface area contributed by atoms with E-state index in [2.05, 4.69) is 5.32 Å². The lowest BCUT2D eigenvalue weighted by Gasteiger charge is -2.32. The standard InChI is InChI=1S/C21H23NO5/c1-21(2,3)16(19(24)25)17(20(26)27)22-18(23)15-11-9-14(10-12-15)13-7-5-4-6-8-13/h4-12,16-17H,1-3H3,(H,22,23)(H,24,25)(H,26,27)/t16?,17-/m0/s1. The number of hydrogen-bond donors (Lipinski definition) is 3. The SMILES string of the molecule is CC(C)(C)C(C(=O)O)[C@H](NC(=O)c1ccc(-c2ccccc2)cc1)C(=O)O. The Hall–Kier alpha value is -3.15. The summed E-state index contributed by atoms with van der Waals surface area (Å²) in [6.07, 6.45) is 0. The van der Waals surface area contributed by atoms with E-state index < -0.39 is 35.2 Å². The van der Waals surface area contributed by atoms with Crippen LogP contribution in [-0.2, 0) is 9.59 Å². The van der Waals surface area contributed by atoms with Crippen LogP contribution in [0.5, 0.6) is 0 Å². The highest BCUT2D eigenvalue weighted by molar-refractivity contribution is 5.98. The van der Waals surface area contributed by atoms with Crippen LogP contribution in [0.15, 0.2) is 54.6 Å². The minimum atomic E-state index is -1.54. The van der Waals surface area contributed by atoms with Crippen molar-refractivity contribution in [3.63, 3.8) is 0 Å². The molecule has 0 saturated carbocycles. The normalized spacial score (nSPS) is 13.4. The van der Waals surface area contributed by atoms with Crippen molar-refractivity contribution in [2.24, 2.45) is 11.3 Å². The third-order valence-corrected chi connectivity index (χ3v) is 4.34. The number of nitrogens with one attached hydrogen (secondary N) is 1. The van der Waals surface area contributed by atoms with E-state index in [0.717, 1.165) is 11.1 Å². The molecule has 0 aliphatic rings. The highest BCUT2D eigenvalue weighted by Gasteiger charge is 2.43. The molecular weight excluding hydrogens is 346 g/mol. The monoisotopic (exact) mass is 369 g/mol. The molecule has 0 saturated heterocycles. The molecule has 2 aromatic carbocycles. The van der Waals surface area contributed by atoms with E-state index in [1.807, 2.05) is 30.3 Å². The van der Waals surface area contributed by atoms with Crippen LogP contribution in [0.4, 0.5) is 0 Å². The number of aliphatic carboxylic acids is 2. The van der Waals surface area contributed by atoms with E-state index >= 15 is 0 Å². The van der Waals surface area contributed by atoms with Gasteiger partial charge < -0.3 is 15.5 Å². The van der Waals surface area contributed by atoms with E-state index in [1.165, 1.54) is 0 Å². The predicted octanol–water partition coefficient (Wildman–Crippen LogP) is 3.28. The van der Waals surface area contributed by atoms with Crippen LogP contribution >= 0.6 is 0 Å². The average Bonchev–Trinajstić information content (AvgIpc) is 2.60. The zero-order valence-electron chi connectivity index (χ0n) is 15.5. The summed E-state index contributed by atoms with van der Waals surface area (Å²) in [5.74, 6) is -4.55. The average molecular weight is 369 g/mol. The molecule has 2 rings (SSSR count). The maximum atomic E-state index is 12.5. The minimum absolute atomic E-state index is 0.263. The molecule has 0 aliphatic carbocycles. The van der Waals surface area contributed by atoms with Crippen LogP contribution in [0, 0.1) is 11.3 Å². The van der Waals surface area contributed by atoms with Gasteiger partial charge in [0.25, 0.3) is 5.91 Å². The Morgan fingerprint density at radius 3 is 1.78 bits per heavy atom. The minimum Gasteiger partial charge on any atom is -0.481 e. The molecule has 27 heavy (non-hydrogen) atoms. The number of benzene rings is 2. The zero-order chi connectivity index (χ0) is 20.2. The molecule has 1 unspecified atom stereocenters. The Morgan fingerprint density at radius 1 is 0.815 bits per heavy atom. The number of carboxylic acid groups (broad SMARTS) is 2. The van der Waals surface area contributed by atoms with Crippen molar-refractivity contribution in [3.8, 4) is 11.1 Å². The Labute approximate surface area is 157 Å². The number of hydrogen-bond acceptors (Lipinski definition) is 3. The molecule has 142 valence electrons. The van der Waals surface area contributed by atoms with Gasteiger partial charge in [-0.3, -0.25) is 9.59 Å². The van der Waals surface area contributed by atoms with Gasteiger partial charge in [-0.1, -0.05) is 63.2 Å². The quantitative estimate of drug-likeness (QED) is 0.725. The number of amides is 1. The molecular formula is C21H23NO5. The van der Waals surface area contributed by atoms with E-state index in [0.29, 0.717) is 0 Å². The summed E-state index contributed by atoms with van der Waals surface area (Å²) in [6.45, 7) is 4.88. The lowest BCUT2D eigenvalue weighted by molar-refractivity contribution is -0.154. The van der Waals surface area contributed by atoms with Crippen molar-refractivity contribution in [1.29, 1.82) is 0 Å². The summed E-state index contributed by atoms with van der Waals surface area (Å²) in [5, 5.41) is 21.3. The topological polar surface area (TPSA) is 104 Å². The van der Waals surface area contributed by atoms with E-state index in [9.17, 15) is 24.6 Å². The molecule has 0 fully saturated rings. The van der Waals surface area contributed by atoms with Gasteiger partial charge in [0.1, 0.15) is 6.04 Å².